The van der Waals surface area contributed by atoms with Gasteiger partial charge in [-0.05, 0) is 44.7 Å². The third kappa shape index (κ3) is 3.22. The second-order valence-corrected chi connectivity index (χ2v) is 3.80. The highest BCUT2D eigenvalue weighted by Gasteiger charge is 2.07. The fourth-order valence-corrected chi connectivity index (χ4v) is 1.84. The fraction of sp³-hybridized carbons (Fsp3) is 0.538. The summed E-state index contributed by atoms with van der Waals surface area (Å²) in [4.78, 5) is 0. The average molecular weight is 210 g/mol. The quantitative estimate of drug-likeness (QED) is 0.721. The van der Waals surface area contributed by atoms with Crippen molar-refractivity contribution in [3.05, 3.63) is 28.8 Å². The molecular formula is C13H19FO. The van der Waals surface area contributed by atoms with Gasteiger partial charge in [0.25, 0.3) is 0 Å². The molecule has 0 bridgehead atoms. The number of hydrogen-bond donors (Lipinski definition) is 0. The van der Waals surface area contributed by atoms with E-state index in [4.69, 9.17) is 4.74 Å². The van der Waals surface area contributed by atoms with E-state index in [0.29, 0.717) is 13.0 Å². The average Bonchev–Trinajstić information content (AvgIpc) is 2.19. The Kier molecular flexibility index (Phi) is 4.60. The fourth-order valence-electron chi connectivity index (χ4n) is 1.84. The summed E-state index contributed by atoms with van der Waals surface area (Å²) in [7, 11) is 0. The normalized spacial score (nSPS) is 10.4. The second-order valence-electron chi connectivity index (χ2n) is 3.80. The van der Waals surface area contributed by atoms with Crippen molar-refractivity contribution in [2.24, 2.45) is 0 Å². The van der Waals surface area contributed by atoms with Crippen LogP contribution >= 0.6 is 0 Å². The van der Waals surface area contributed by atoms with E-state index in [9.17, 15) is 4.39 Å². The van der Waals surface area contributed by atoms with Crippen LogP contribution in [0.4, 0.5) is 4.39 Å². The molecule has 0 atom stereocenters. The molecule has 0 aliphatic rings. The van der Waals surface area contributed by atoms with Gasteiger partial charge in [0, 0.05) is 0 Å². The molecule has 0 aliphatic carbocycles. The minimum atomic E-state index is -0.265. The zero-order valence-electron chi connectivity index (χ0n) is 9.77. The Bertz CT molecular complexity index is 321. The molecular weight excluding hydrogens is 191 g/mol. The molecule has 1 aromatic rings. The molecule has 0 aliphatic heterocycles. The Hall–Kier alpha value is -1.05. The van der Waals surface area contributed by atoms with Gasteiger partial charge < -0.3 is 4.74 Å². The highest BCUT2D eigenvalue weighted by molar-refractivity contribution is 5.43. The molecule has 1 rings (SSSR count). The minimum Gasteiger partial charge on any atom is -0.493 e. The van der Waals surface area contributed by atoms with Crippen LogP contribution in [-0.2, 0) is 6.42 Å². The van der Waals surface area contributed by atoms with Gasteiger partial charge in [-0.15, -0.1) is 0 Å². The van der Waals surface area contributed by atoms with Crippen molar-refractivity contribution in [1.82, 2.24) is 0 Å². The van der Waals surface area contributed by atoms with Gasteiger partial charge in [-0.25, -0.2) is 0 Å². The Balaban J connectivity index is 2.97. The predicted octanol–water partition coefficient (Wildman–Crippen LogP) is 3.60. The van der Waals surface area contributed by atoms with Crippen LogP contribution in [0.3, 0.4) is 0 Å². The van der Waals surface area contributed by atoms with Gasteiger partial charge >= 0.3 is 0 Å². The number of halogens is 1. The lowest BCUT2D eigenvalue weighted by molar-refractivity contribution is 0.333. The molecule has 0 radical (unpaired) electrons. The van der Waals surface area contributed by atoms with Crippen molar-refractivity contribution < 1.29 is 9.13 Å². The Morgan fingerprint density at radius 2 is 2.00 bits per heavy atom. The second kappa shape index (κ2) is 5.74. The number of rotatable bonds is 5. The summed E-state index contributed by atoms with van der Waals surface area (Å²) in [5.74, 6) is 0.941. The number of hydrogen-bond acceptors (Lipinski definition) is 1. The summed E-state index contributed by atoms with van der Waals surface area (Å²) in [6.07, 6.45) is 1.33. The molecule has 0 amide bonds. The molecule has 0 saturated carbocycles. The van der Waals surface area contributed by atoms with Gasteiger partial charge in [-0.1, -0.05) is 17.7 Å². The van der Waals surface area contributed by atoms with Crippen LogP contribution in [0.5, 0.6) is 5.75 Å². The van der Waals surface area contributed by atoms with Gasteiger partial charge in [0.05, 0.1) is 13.3 Å². The first kappa shape index (κ1) is 12.0. The molecule has 1 nitrogen and oxygen atoms in total. The standard InChI is InChI=1S/C13H19FO/c1-4-15-13-11(3)8-10(2)9-12(13)6-5-7-14/h8-9H,4-7H2,1-3H3. The number of alkyl halides is 1. The zero-order valence-corrected chi connectivity index (χ0v) is 9.77. The molecule has 0 heterocycles. The number of benzene rings is 1. The molecule has 84 valence electrons. The Morgan fingerprint density at radius 1 is 1.27 bits per heavy atom. The summed E-state index contributed by atoms with van der Waals surface area (Å²) in [6, 6.07) is 4.19. The first-order valence-corrected chi connectivity index (χ1v) is 5.48. The molecule has 0 saturated heterocycles. The van der Waals surface area contributed by atoms with Gasteiger partial charge in [-0.2, -0.15) is 0 Å². The number of ether oxygens (including phenoxy) is 1. The predicted molar refractivity (Wildman–Crippen MR) is 61.4 cm³/mol. The highest BCUT2D eigenvalue weighted by Crippen LogP contribution is 2.26. The van der Waals surface area contributed by atoms with Crippen LogP contribution in [0.1, 0.15) is 30.0 Å². The van der Waals surface area contributed by atoms with E-state index in [2.05, 4.69) is 19.1 Å². The molecule has 0 aromatic heterocycles. The lowest BCUT2D eigenvalue weighted by atomic mass is 10.0. The van der Waals surface area contributed by atoms with E-state index in [0.717, 1.165) is 23.3 Å². The summed E-state index contributed by atoms with van der Waals surface area (Å²) >= 11 is 0. The molecule has 1 aromatic carbocycles. The van der Waals surface area contributed by atoms with Crippen molar-refractivity contribution >= 4 is 0 Å². The van der Waals surface area contributed by atoms with E-state index >= 15 is 0 Å². The van der Waals surface area contributed by atoms with Gasteiger partial charge in [0.2, 0.25) is 0 Å². The lowest BCUT2D eigenvalue weighted by Gasteiger charge is -2.13. The molecule has 0 fully saturated rings. The summed E-state index contributed by atoms with van der Waals surface area (Å²) in [5.41, 5.74) is 3.49. The molecule has 15 heavy (non-hydrogen) atoms. The van der Waals surface area contributed by atoms with Crippen molar-refractivity contribution in [3.8, 4) is 5.75 Å². The number of aryl methyl sites for hydroxylation is 3. The topological polar surface area (TPSA) is 9.23 Å². The van der Waals surface area contributed by atoms with Gasteiger partial charge in [0.1, 0.15) is 5.75 Å². The van der Waals surface area contributed by atoms with Crippen LogP contribution < -0.4 is 4.74 Å². The molecule has 2 heteroatoms. The largest absolute Gasteiger partial charge is 0.493 e. The Labute approximate surface area is 91.3 Å². The van der Waals surface area contributed by atoms with E-state index < -0.39 is 0 Å². The van der Waals surface area contributed by atoms with Gasteiger partial charge in [0.15, 0.2) is 0 Å². The first-order valence-electron chi connectivity index (χ1n) is 5.48. The van der Waals surface area contributed by atoms with Gasteiger partial charge in [-0.3, -0.25) is 4.39 Å². The van der Waals surface area contributed by atoms with Crippen LogP contribution in [0.2, 0.25) is 0 Å². The van der Waals surface area contributed by atoms with E-state index in [-0.39, 0.29) is 6.67 Å². The monoisotopic (exact) mass is 210 g/mol. The summed E-state index contributed by atoms with van der Waals surface area (Å²) < 4.78 is 17.8. The maximum Gasteiger partial charge on any atom is 0.125 e. The maximum atomic E-state index is 12.2. The van der Waals surface area contributed by atoms with Crippen LogP contribution in [0, 0.1) is 13.8 Å². The molecule has 0 unspecified atom stereocenters. The van der Waals surface area contributed by atoms with E-state index in [1.807, 2.05) is 13.8 Å². The van der Waals surface area contributed by atoms with Crippen molar-refractivity contribution in [3.63, 3.8) is 0 Å². The summed E-state index contributed by atoms with van der Waals surface area (Å²) in [6.45, 7) is 6.46. The molecule has 0 N–H and O–H groups in total. The smallest absolute Gasteiger partial charge is 0.125 e. The van der Waals surface area contributed by atoms with Crippen molar-refractivity contribution in [2.45, 2.75) is 33.6 Å². The zero-order chi connectivity index (χ0) is 11.3. The SMILES string of the molecule is CCOc1c(C)cc(C)cc1CCCF. The van der Waals surface area contributed by atoms with Crippen molar-refractivity contribution in [1.29, 1.82) is 0 Å². The maximum absolute atomic E-state index is 12.2. The van der Waals surface area contributed by atoms with Crippen molar-refractivity contribution in [2.75, 3.05) is 13.3 Å². The van der Waals surface area contributed by atoms with Crippen LogP contribution in [0.25, 0.3) is 0 Å². The summed E-state index contributed by atoms with van der Waals surface area (Å²) in [5, 5.41) is 0. The minimum absolute atomic E-state index is 0.265. The highest BCUT2D eigenvalue weighted by atomic mass is 19.1. The third-order valence-electron chi connectivity index (χ3n) is 2.36. The Morgan fingerprint density at radius 3 is 2.60 bits per heavy atom. The van der Waals surface area contributed by atoms with Crippen LogP contribution in [0.15, 0.2) is 12.1 Å². The van der Waals surface area contributed by atoms with E-state index in [1.165, 1.54) is 5.56 Å². The molecule has 0 spiro atoms. The van der Waals surface area contributed by atoms with E-state index in [1.54, 1.807) is 0 Å². The third-order valence-corrected chi connectivity index (χ3v) is 2.36. The first-order chi connectivity index (χ1) is 7.19. The lowest BCUT2D eigenvalue weighted by Crippen LogP contribution is -2.00. The van der Waals surface area contributed by atoms with Crippen LogP contribution in [-0.4, -0.2) is 13.3 Å².